The third-order valence-corrected chi connectivity index (χ3v) is 3.23. The van der Waals surface area contributed by atoms with Gasteiger partial charge in [-0.1, -0.05) is 0 Å². The molecule has 2 rings (SSSR count). The highest BCUT2D eigenvalue weighted by Gasteiger charge is 2.13. The summed E-state index contributed by atoms with van der Waals surface area (Å²) < 4.78 is 50.0. The fourth-order valence-corrected chi connectivity index (χ4v) is 1.82. The van der Waals surface area contributed by atoms with Crippen molar-refractivity contribution in [3.05, 3.63) is 68.3 Å². The number of carbonyl (C=O) groups is 2. The topological polar surface area (TPSA) is 74.6 Å². The maximum atomic E-state index is 12.7. The van der Waals surface area contributed by atoms with Crippen molar-refractivity contribution >= 4 is 34.5 Å². The predicted octanol–water partition coefficient (Wildman–Crippen LogP) is 3.93. The van der Waals surface area contributed by atoms with Crippen LogP contribution >= 0.6 is 22.6 Å². The van der Waals surface area contributed by atoms with Crippen LogP contribution in [-0.4, -0.2) is 22.2 Å². The van der Waals surface area contributed by atoms with Crippen LogP contribution in [0.25, 0.3) is 0 Å². The van der Waals surface area contributed by atoms with E-state index >= 15 is 0 Å². The Labute approximate surface area is 140 Å². The molecule has 0 aliphatic carbocycles. The molecule has 0 saturated heterocycles. The molecular formula is C14H7F4IO4. The summed E-state index contributed by atoms with van der Waals surface area (Å²) in [6, 6.07) is 3.82. The first kappa shape index (κ1) is 18.9. The molecule has 4 nitrogen and oxygen atoms in total. The van der Waals surface area contributed by atoms with E-state index in [1.165, 1.54) is 0 Å². The van der Waals surface area contributed by atoms with E-state index in [1.54, 1.807) is 22.6 Å². The Hall–Kier alpha value is -2.17. The van der Waals surface area contributed by atoms with Crippen LogP contribution in [0, 0.1) is 26.8 Å². The van der Waals surface area contributed by atoms with Gasteiger partial charge in [0.25, 0.3) is 0 Å². The van der Waals surface area contributed by atoms with E-state index in [2.05, 4.69) is 0 Å². The van der Waals surface area contributed by atoms with Gasteiger partial charge in [-0.2, -0.15) is 0 Å². The van der Waals surface area contributed by atoms with Crippen molar-refractivity contribution < 1.29 is 37.4 Å². The summed E-state index contributed by atoms with van der Waals surface area (Å²) in [4.78, 5) is 20.5. The number of rotatable bonds is 2. The molecule has 0 aliphatic rings. The van der Waals surface area contributed by atoms with E-state index in [9.17, 15) is 27.2 Å². The van der Waals surface area contributed by atoms with Crippen LogP contribution in [0.3, 0.4) is 0 Å². The standard InChI is InChI=1S/C7H3F2IO2.C7H4F2O2/c8-4-2-5(9)6(10)1-3(4)7(11)12;8-4-1-2-5(7(10)11)6(9)3-4/h1-2H,(H,11,12);1-3H,(H,10,11). The van der Waals surface area contributed by atoms with Crippen molar-refractivity contribution in [2.24, 2.45) is 0 Å². The molecule has 0 saturated carbocycles. The summed E-state index contributed by atoms with van der Waals surface area (Å²) in [5, 5.41) is 16.7. The highest BCUT2D eigenvalue weighted by atomic mass is 127. The fraction of sp³-hybridized carbons (Fsp3) is 0. The minimum Gasteiger partial charge on any atom is -0.478 e. The summed E-state index contributed by atoms with van der Waals surface area (Å²) >= 11 is 1.59. The summed E-state index contributed by atoms with van der Waals surface area (Å²) in [7, 11) is 0. The highest BCUT2D eigenvalue weighted by molar-refractivity contribution is 14.1. The molecule has 0 bridgehead atoms. The molecule has 122 valence electrons. The van der Waals surface area contributed by atoms with E-state index in [0.717, 1.165) is 18.2 Å². The van der Waals surface area contributed by atoms with E-state index in [-0.39, 0.29) is 3.57 Å². The molecule has 0 heterocycles. The first-order chi connectivity index (χ1) is 10.6. The number of aromatic carboxylic acids is 2. The lowest BCUT2D eigenvalue weighted by molar-refractivity contribution is 0.0680. The molecule has 0 amide bonds. The first-order valence-corrected chi connectivity index (χ1v) is 6.77. The number of benzene rings is 2. The van der Waals surface area contributed by atoms with Gasteiger partial charge in [0.1, 0.15) is 23.3 Å². The van der Waals surface area contributed by atoms with Crippen LogP contribution in [0.5, 0.6) is 0 Å². The summed E-state index contributed by atoms with van der Waals surface area (Å²) in [5.74, 6) is -6.45. The molecule has 9 heteroatoms. The molecule has 2 N–H and O–H groups in total. The molecule has 2 aromatic carbocycles. The fourth-order valence-electron chi connectivity index (χ4n) is 1.35. The van der Waals surface area contributed by atoms with Crippen molar-refractivity contribution in [3.8, 4) is 0 Å². The number of carboxylic acid groups (broad SMARTS) is 2. The van der Waals surface area contributed by atoms with Gasteiger partial charge in [0, 0.05) is 15.7 Å². The van der Waals surface area contributed by atoms with Crippen molar-refractivity contribution in [2.45, 2.75) is 0 Å². The molecule has 0 spiro atoms. The van der Waals surface area contributed by atoms with Crippen LogP contribution < -0.4 is 0 Å². The Bertz CT molecular complexity index is 765. The number of carboxylic acids is 2. The Morgan fingerprint density at radius 1 is 0.783 bits per heavy atom. The number of halogens is 5. The molecule has 0 unspecified atom stereocenters. The van der Waals surface area contributed by atoms with Crippen molar-refractivity contribution in [1.29, 1.82) is 0 Å². The Morgan fingerprint density at radius 2 is 1.30 bits per heavy atom. The Morgan fingerprint density at radius 3 is 1.78 bits per heavy atom. The third-order valence-electron chi connectivity index (χ3n) is 2.40. The van der Waals surface area contributed by atoms with Gasteiger partial charge in [-0.05, 0) is 40.8 Å². The second-order valence-corrected chi connectivity index (χ2v) is 5.14. The smallest absolute Gasteiger partial charge is 0.338 e. The second kappa shape index (κ2) is 7.90. The average Bonchev–Trinajstić information content (AvgIpc) is 2.42. The van der Waals surface area contributed by atoms with Crippen LogP contribution in [0.4, 0.5) is 17.6 Å². The van der Waals surface area contributed by atoms with Gasteiger partial charge in [-0.3, -0.25) is 0 Å². The van der Waals surface area contributed by atoms with Crippen LogP contribution in [-0.2, 0) is 0 Å². The highest BCUT2D eigenvalue weighted by Crippen LogP contribution is 2.16. The SMILES string of the molecule is O=C(O)c1cc(I)c(F)cc1F.O=C(O)c1ccc(F)cc1F. The first-order valence-electron chi connectivity index (χ1n) is 5.69. The molecule has 23 heavy (non-hydrogen) atoms. The van der Waals surface area contributed by atoms with Crippen LogP contribution in [0.2, 0.25) is 0 Å². The normalized spacial score (nSPS) is 9.78. The molecule has 0 fully saturated rings. The lowest BCUT2D eigenvalue weighted by Gasteiger charge is -1.98. The van der Waals surface area contributed by atoms with E-state index in [1.807, 2.05) is 0 Å². The summed E-state index contributed by atoms with van der Waals surface area (Å²) in [6.45, 7) is 0. The monoisotopic (exact) mass is 442 g/mol. The minimum absolute atomic E-state index is 0.0893. The number of hydrogen-bond donors (Lipinski definition) is 2. The quantitative estimate of drug-likeness (QED) is 0.420. The minimum atomic E-state index is -1.40. The van der Waals surface area contributed by atoms with Gasteiger partial charge in [-0.15, -0.1) is 0 Å². The second-order valence-electron chi connectivity index (χ2n) is 3.98. The van der Waals surface area contributed by atoms with Gasteiger partial charge in [0.2, 0.25) is 0 Å². The number of hydrogen-bond acceptors (Lipinski definition) is 2. The molecule has 2 aromatic rings. The summed E-state index contributed by atoms with van der Waals surface area (Å²) in [5.41, 5.74) is -1.03. The maximum Gasteiger partial charge on any atom is 0.338 e. The Balaban J connectivity index is 0.000000231. The van der Waals surface area contributed by atoms with Gasteiger partial charge < -0.3 is 10.2 Å². The van der Waals surface area contributed by atoms with Gasteiger partial charge in [0.15, 0.2) is 0 Å². The van der Waals surface area contributed by atoms with Gasteiger partial charge in [-0.25, -0.2) is 27.2 Å². The molecule has 0 aromatic heterocycles. The maximum absolute atomic E-state index is 12.7. The average molecular weight is 442 g/mol. The summed E-state index contributed by atoms with van der Waals surface area (Å²) in [6.07, 6.45) is 0. The van der Waals surface area contributed by atoms with Crippen molar-refractivity contribution in [3.63, 3.8) is 0 Å². The van der Waals surface area contributed by atoms with Gasteiger partial charge >= 0.3 is 11.9 Å². The van der Waals surface area contributed by atoms with Crippen LogP contribution in [0.1, 0.15) is 20.7 Å². The van der Waals surface area contributed by atoms with Crippen molar-refractivity contribution in [2.75, 3.05) is 0 Å². The zero-order chi connectivity index (χ0) is 17.7. The lowest BCUT2D eigenvalue weighted by Crippen LogP contribution is -2.02. The lowest BCUT2D eigenvalue weighted by atomic mass is 10.2. The molecule has 0 radical (unpaired) electrons. The van der Waals surface area contributed by atoms with Gasteiger partial charge in [0.05, 0.1) is 11.1 Å². The molecule has 0 atom stereocenters. The van der Waals surface area contributed by atoms with Crippen LogP contribution in [0.15, 0.2) is 30.3 Å². The molecular weight excluding hydrogens is 435 g/mol. The zero-order valence-corrected chi connectivity index (χ0v) is 13.1. The largest absolute Gasteiger partial charge is 0.478 e. The van der Waals surface area contributed by atoms with E-state index in [4.69, 9.17) is 10.2 Å². The Kier molecular flexibility index (Phi) is 6.49. The zero-order valence-electron chi connectivity index (χ0n) is 11.0. The third kappa shape index (κ3) is 5.20. The van der Waals surface area contributed by atoms with E-state index in [0.29, 0.717) is 12.1 Å². The van der Waals surface area contributed by atoms with Crippen molar-refractivity contribution in [1.82, 2.24) is 0 Å². The molecule has 0 aliphatic heterocycles. The predicted molar refractivity (Wildman–Crippen MR) is 79.4 cm³/mol. The van der Waals surface area contributed by atoms with E-state index < -0.39 is 46.3 Å².